The summed E-state index contributed by atoms with van der Waals surface area (Å²) in [4.78, 5) is 12.0. The molecule has 3 atom stereocenters. The van der Waals surface area contributed by atoms with Crippen LogP contribution in [-0.2, 0) is 9.53 Å². The maximum atomic E-state index is 12.0. The van der Waals surface area contributed by atoms with E-state index in [9.17, 15) is 9.90 Å². The average Bonchev–Trinajstić information content (AvgIpc) is 2.47. The van der Waals surface area contributed by atoms with E-state index in [0.717, 1.165) is 12.8 Å². The van der Waals surface area contributed by atoms with E-state index >= 15 is 0 Å². The largest absolute Gasteiger partial charge is 0.469 e. The molecule has 0 heterocycles. The number of fused-ring (bicyclic) bond motifs is 2. The molecule has 2 rings (SSSR count). The van der Waals surface area contributed by atoms with Crippen molar-refractivity contribution < 1.29 is 14.6 Å². The Balaban J connectivity index is 2.49. The lowest BCUT2D eigenvalue weighted by molar-refractivity contribution is -0.158. The predicted octanol–water partition coefficient (Wildman–Crippen LogP) is 1.74. The molecule has 0 radical (unpaired) electrons. The van der Waals surface area contributed by atoms with Crippen molar-refractivity contribution >= 4 is 5.97 Å². The Morgan fingerprint density at radius 2 is 1.93 bits per heavy atom. The van der Waals surface area contributed by atoms with Gasteiger partial charge in [-0.25, -0.2) is 0 Å². The van der Waals surface area contributed by atoms with Gasteiger partial charge in [-0.1, -0.05) is 20.8 Å². The van der Waals surface area contributed by atoms with Crippen molar-refractivity contribution in [2.24, 2.45) is 16.2 Å². The molecule has 3 nitrogen and oxygen atoms in total. The number of esters is 1. The topological polar surface area (TPSA) is 46.5 Å². The summed E-state index contributed by atoms with van der Waals surface area (Å²) in [5.74, 6) is -0.146. The first-order valence-corrected chi connectivity index (χ1v) is 5.58. The molecule has 2 saturated carbocycles. The van der Waals surface area contributed by atoms with Crippen LogP contribution < -0.4 is 0 Å². The number of carbonyl (C=O) groups excluding carboxylic acids is 1. The fraction of sp³-hybridized carbons (Fsp3) is 0.917. The van der Waals surface area contributed by atoms with Crippen LogP contribution in [0.1, 0.15) is 40.0 Å². The Hall–Kier alpha value is -0.570. The molecule has 0 saturated heterocycles. The molecule has 0 spiro atoms. The van der Waals surface area contributed by atoms with Gasteiger partial charge in [0.25, 0.3) is 0 Å². The molecule has 1 N–H and O–H groups in total. The second kappa shape index (κ2) is 2.76. The van der Waals surface area contributed by atoms with Crippen molar-refractivity contribution in [2.75, 3.05) is 7.11 Å². The standard InChI is InChI=1S/C12H20O3/c1-10(2)11(3)5-6-12(10,7-8(11)13)9(14)15-4/h8,13H,5-7H2,1-4H3/t8-,11+,12+/m1/s1. The number of carbonyl (C=O) groups is 1. The van der Waals surface area contributed by atoms with Gasteiger partial charge in [-0.05, 0) is 30.1 Å². The summed E-state index contributed by atoms with van der Waals surface area (Å²) in [6.07, 6.45) is 1.94. The molecule has 0 aliphatic heterocycles. The molecule has 2 bridgehead atoms. The van der Waals surface area contributed by atoms with Gasteiger partial charge in [0.15, 0.2) is 0 Å². The van der Waals surface area contributed by atoms with E-state index < -0.39 is 5.41 Å². The van der Waals surface area contributed by atoms with Gasteiger partial charge in [-0.3, -0.25) is 4.79 Å². The molecule has 3 heteroatoms. The maximum Gasteiger partial charge on any atom is 0.312 e. The van der Waals surface area contributed by atoms with Crippen LogP contribution in [0, 0.1) is 16.2 Å². The zero-order valence-electron chi connectivity index (χ0n) is 9.96. The monoisotopic (exact) mass is 212 g/mol. The van der Waals surface area contributed by atoms with Crippen LogP contribution in [0.5, 0.6) is 0 Å². The number of aliphatic hydroxyl groups excluding tert-OH is 1. The lowest BCUT2D eigenvalue weighted by Gasteiger charge is -2.39. The molecule has 0 aromatic rings. The van der Waals surface area contributed by atoms with Crippen molar-refractivity contribution in [3.63, 3.8) is 0 Å². The highest BCUT2D eigenvalue weighted by Crippen LogP contribution is 2.72. The highest BCUT2D eigenvalue weighted by atomic mass is 16.5. The number of rotatable bonds is 1. The molecule has 2 fully saturated rings. The Bertz CT molecular complexity index is 310. The minimum atomic E-state index is -0.462. The molecule has 15 heavy (non-hydrogen) atoms. The quantitative estimate of drug-likeness (QED) is 0.673. The van der Waals surface area contributed by atoms with Gasteiger partial charge in [0, 0.05) is 0 Å². The van der Waals surface area contributed by atoms with E-state index in [-0.39, 0.29) is 22.9 Å². The third-order valence-corrected chi connectivity index (χ3v) is 5.55. The second-order valence-corrected chi connectivity index (χ2v) is 5.84. The third kappa shape index (κ3) is 0.930. The fourth-order valence-electron chi connectivity index (χ4n) is 3.78. The van der Waals surface area contributed by atoms with Crippen LogP contribution in [-0.4, -0.2) is 24.3 Å². The van der Waals surface area contributed by atoms with Crippen molar-refractivity contribution in [3.05, 3.63) is 0 Å². The molecule has 2 aliphatic carbocycles. The van der Waals surface area contributed by atoms with E-state index in [1.165, 1.54) is 7.11 Å². The summed E-state index contributed by atoms with van der Waals surface area (Å²) in [5.41, 5.74) is -0.774. The minimum Gasteiger partial charge on any atom is -0.469 e. The highest BCUT2D eigenvalue weighted by Gasteiger charge is 2.72. The van der Waals surface area contributed by atoms with Crippen molar-refractivity contribution in [2.45, 2.75) is 46.1 Å². The van der Waals surface area contributed by atoms with Crippen LogP contribution in [0.3, 0.4) is 0 Å². The van der Waals surface area contributed by atoms with Crippen molar-refractivity contribution in [1.82, 2.24) is 0 Å². The summed E-state index contributed by atoms with van der Waals surface area (Å²) >= 11 is 0. The molecule has 0 unspecified atom stereocenters. The smallest absolute Gasteiger partial charge is 0.312 e. The second-order valence-electron chi connectivity index (χ2n) is 5.84. The summed E-state index contributed by atoms with van der Waals surface area (Å²) in [6, 6.07) is 0. The number of methoxy groups -OCH3 is 1. The number of hydrogen-bond donors (Lipinski definition) is 1. The molecule has 86 valence electrons. The molecule has 0 aromatic heterocycles. The minimum absolute atomic E-state index is 0.138. The van der Waals surface area contributed by atoms with Gasteiger partial charge in [0.1, 0.15) is 0 Å². The van der Waals surface area contributed by atoms with Crippen LogP contribution >= 0.6 is 0 Å². The normalized spacial score (nSPS) is 46.9. The van der Waals surface area contributed by atoms with E-state index in [4.69, 9.17) is 4.74 Å². The summed E-state index contributed by atoms with van der Waals surface area (Å²) in [7, 11) is 1.44. The SMILES string of the molecule is COC(=O)[C@]12CC[C@@](C)([C@H](O)C1)C2(C)C. The van der Waals surface area contributed by atoms with Gasteiger partial charge in [-0.2, -0.15) is 0 Å². The third-order valence-electron chi connectivity index (χ3n) is 5.55. The lowest BCUT2D eigenvalue weighted by Crippen LogP contribution is -2.41. The van der Waals surface area contributed by atoms with Crippen molar-refractivity contribution in [3.8, 4) is 0 Å². The van der Waals surface area contributed by atoms with Crippen LogP contribution in [0.4, 0.5) is 0 Å². The number of ether oxygens (including phenoxy) is 1. The van der Waals surface area contributed by atoms with Gasteiger partial charge in [0.05, 0.1) is 18.6 Å². The first kappa shape index (κ1) is 10.9. The van der Waals surface area contributed by atoms with Gasteiger partial charge in [-0.15, -0.1) is 0 Å². The molecule has 0 aromatic carbocycles. The van der Waals surface area contributed by atoms with Crippen LogP contribution in [0.15, 0.2) is 0 Å². The molecule has 2 aliphatic rings. The zero-order chi connectivity index (χ0) is 11.5. The lowest BCUT2D eigenvalue weighted by atomic mass is 9.65. The van der Waals surface area contributed by atoms with Gasteiger partial charge < -0.3 is 9.84 Å². The van der Waals surface area contributed by atoms with E-state index in [1.54, 1.807) is 0 Å². The Morgan fingerprint density at radius 1 is 1.33 bits per heavy atom. The Kier molecular flexibility index (Phi) is 2.01. The molecule has 0 amide bonds. The first-order chi connectivity index (χ1) is 6.82. The summed E-state index contributed by atoms with van der Waals surface area (Å²) in [5, 5.41) is 10.1. The fourth-order valence-corrected chi connectivity index (χ4v) is 3.78. The molecular weight excluding hydrogens is 192 g/mol. The average molecular weight is 212 g/mol. The summed E-state index contributed by atoms with van der Waals surface area (Å²) in [6.45, 7) is 6.27. The van der Waals surface area contributed by atoms with E-state index in [1.807, 2.05) is 0 Å². The Labute approximate surface area is 90.8 Å². The first-order valence-electron chi connectivity index (χ1n) is 5.58. The van der Waals surface area contributed by atoms with E-state index in [0.29, 0.717) is 6.42 Å². The maximum absolute atomic E-state index is 12.0. The Morgan fingerprint density at radius 3 is 2.27 bits per heavy atom. The van der Waals surface area contributed by atoms with Gasteiger partial charge >= 0.3 is 5.97 Å². The van der Waals surface area contributed by atoms with Crippen LogP contribution in [0.2, 0.25) is 0 Å². The van der Waals surface area contributed by atoms with E-state index in [2.05, 4.69) is 20.8 Å². The van der Waals surface area contributed by atoms with Crippen molar-refractivity contribution in [1.29, 1.82) is 0 Å². The highest BCUT2D eigenvalue weighted by molar-refractivity contribution is 5.79. The molecular formula is C12H20O3. The van der Waals surface area contributed by atoms with Crippen LogP contribution in [0.25, 0.3) is 0 Å². The summed E-state index contributed by atoms with van der Waals surface area (Å²) < 4.78 is 4.93. The predicted molar refractivity (Wildman–Crippen MR) is 56.2 cm³/mol. The number of aliphatic hydroxyl groups is 1. The number of hydrogen-bond acceptors (Lipinski definition) is 3. The zero-order valence-corrected chi connectivity index (χ0v) is 9.96. The van der Waals surface area contributed by atoms with Gasteiger partial charge in [0.2, 0.25) is 0 Å².